The third-order valence-electron chi connectivity index (χ3n) is 4.54. The van der Waals surface area contributed by atoms with E-state index < -0.39 is 6.16 Å². The van der Waals surface area contributed by atoms with E-state index in [1.165, 1.54) is 0 Å². The Morgan fingerprint density at radius 1 is 1.21 bits per heavy atom. The summed E-state index contributed by atoms with van der Waals surface area (Å²) in [5, 5.41) is 0. The molecular weight excluding hydrogens is 312 g/mol. The quantitative estimate of drug-likeness (QED) is 0.521. The Morgan fingerprint density at radius 3 is 2.58 bits per heavy atom. The van der Waals surface area contributed by atoms with E-state index in [1.807, 2.05) is 6.92 Å². The van der Waals surface area contributed by atoms with Crippen molar-refractivity contribution >= 4 is 12.1 Å². The number of carbonyl (C=O) groups excluding carboxylic acids is 2. The van der Waals surface area contributed by atoms with Crippen LogP contribution in [0.4, 0.5) is 4.79 Å². The van der Waals surface area contributed by atoms with Gasteiger partial charge in [-0.1, -0.05) is 27.7 Å². The highest BCUT2D eigenvalue weighted by molar-refractivity contribution is 5.72. The van der Waals surface area contributed by atoms with Crippen molar-refractivity contribution in [1.29, 1.82) is 0 Å². The van der Waals surface area contributed by atoms with Crippen molar-refractivity contribution in [2.75, 3.05) is 13.2 Å². The zero-order valence-corrected chi connectivity index (χ0v) is 15.2. The van der Waals surface area contributed by atoms with Crippen LogP contribution in [0.5, 0.6) is 0 Å². The molecule has 1 saturated heterocycles. The third-order valence-corrected chi connectivity index (χ3v) is 4.54. The SMILES string of the molecule is CCC(CC(C)(C)C)C(=O)OCCOC1CCC2OC(=O)OC2C1. The lowest BCUT2D eigenvalue weighted by atomic mass is 9.83. The molecule has 138 valence electrons. The zero-order chi connectivity index (χ0) is 17.7. The molecular formula is C18H30O6. The van der Waals surface area contributed by atoms with E-state index in [1.54, 1.807) is 0 Å². The van der Waals surface area contributed by atoms with E-state index in [4.69, 9.17) is 18.9 Å². The van der Waals surface area contributed by atoms with E-state index in [-0.39, 0.29) is 42.2 Å². The maximum atomic E-state index is 12.1. The highest BCUT2D eigenvalue weighted by Gasteiger charge is 2.41. The molecule has 2 rings (SSSR count). The van der Waals surface area contributed by atoms with Crippen LogP contribution in [0.25, 0.3) is 0 Å². The van der Waals surface area contributed by atoms with E-state index in [0.29, 0.717) is 13.0 Å². The van der Waals surface area contributed by atoms with E-state index >= 15 is 0 Å². The number of carbonyl (C=O) groups is 2. The lowest BCUT2D eigenvalue weighted by molar-refractivity contribution is -0.152. The van der Waals surface area contributed by atoms with Crippen molar-refractivity contribution in [3.05, 3.63) is 0 Å². The summed E-state index contributed by atoms with van der Waals surface area (Å²) in [4.78, 5) is 23.2. The van der Waals surface area contributed by atoms with E-state index in [9.17, 15) is 9.59 Å². The van der Waals surface area contributed by atoms with Gasteiger partial charge in [-0.05, 0) is 31.1 Å². The molecule has 6 nitrogen and oxygen atoms in total. The fourth-order valence-electron chi connectivity index (χ4n) is 3.36. The topological polar surface area (TPSA) is 71.1 Å². The van der Waals surface area contributed by atoms with Crippen LogP contribution in [-0.2, 0) is 23.7 Å². The largest absolute Gasteiger partial charge is 0.509 e. The van der Waals surface area contributed by atoms with Gasteiger partial charge < -0.3 is 18.9 Å². The Kier molecular flexibility index (Phi) is 6.49. The summed E-state index contributed by atoms with van der Waals surface area (Å²) in [5.41, 5.74) is 0.107. The van der Waals surface area contributed by atoms with Crippen LogP contribution in [0.2, 0.25) is 0 Å². The molecule has 0 spiro atoms. The number of hydrogen-bond donors (Lipinski definition) is 0. The first-order chi connectivity index (χ1) is 11.3. The first-order valence-corrected chi connectivity index (χ1v) is 8.94. The van der Waals surface area contributed by atoms with Gasteiger partial charge in [-0.25, -0.2) is 4.79 Å². The highest BCUT2D eigenvalue weighted by Crippen LogP contribution is 2.31. The molecule has 4 unspecified atom stereocenters. The summed E-state index contributed by atoms with van der Waals surface area (Å²) in [6.45, 7) is 9.03. The molecule has 0 aromatic carbocycles. The van der Waals surface area contributed by atoms with Crippen LogP contribution in [0.15, 0.2) is 0 Å². The first-order valence-electron chi connectivity index (χ1n) is 8.94. The van der Waals surface area contributed by atoms with Gasteiger partial charge in [-0.2, -0.15) is 0 Å². The maximum absolute atomic E-state index is 12.1. The summed E-state index contributed by atoms with van der Waals surface area (Å²) in [5.74, 6) is -0.201. The lowest BCUT2D eigenvalue weighted by Crippen LogP contribution is -2.35. The van der Waals surface area contributed by atoms with E-state index in [0.717, 1.165) is 25.7 Å². The molecule has 1 saturated carbocycles. The van der Waals surface area contributed by atoms with E-state index in [2.05, 4.69) is 20.8 Å². The molecule has 0 radical (unpaired) electrons. The summed E-state index contributed by atoms with van der Waals surface area (Å²) in [6.07, 6.45) is 2.95. The number of fused-ring (bicyclic) bond motifs is 1. The van der Waals surface area contributed by atoms with Gasteiger partial charge in [0.15, 0.2) is 0 Å². The van der Waals surface area contributed by atoms with Crippen LogP contribution in [0, 0.1) is 11.3 Å². The van der Waals surface area contributed by atoms with Gasteiger partial charge in [0.25, 0.3) is 0 Å². The van der Waals surface area contributed by atoms with Crippen LogP contribution in [-0.4, -0.2) is 43.7 Å². The summed E-state index contributed by atoms with van der Waals surface area (Å²) < 4.78 is 21.3. The van der Waals surface area contributed by atoms with Crippen LogP contribution in [0.3, 0.4) is 0 Å². The number of hydrogen-bond acceptors (Lipinski definition) is 6. The second-order valence-corrected chi connectivity index (χ2v) is 7.91. The van der Waals surface area contributed by atoms with Crippen molar-refractivity contribution in [3.63, 3.8) is 0 Å². The smallest absolute Gasteiger partial charge is 0.463 e. The molecule has 0 amide bonds. The summed E-state index contributed by atoms with van der Waals surface area (Å²) in [7, 11) is 0. The van der Waals surface area contributed by atoms with Crippen molar-refractivity contribution < 1.29 is 28.5 Å². The lowest BCUT2D eigenvalue weighted by Gasteiger charge is -2.28. The van der Waals surface area contributed by atoms with Crippen molar-refractivity contribution in [1.82, 2.24) is 0 Å². The first kappa shape index (κ1) is 19.0. The Bertz CT molecular complexity index is 441. The average molecular weight is 342 g/mol. The Balaban J connectivity index is 1.64. The predicted molar refractivity (Wildman–Crippen MR) is 87.5 cm³/mol. The fourth-order valence-corrected chi connectivity index (χ4v) is 3.36. The maximum Gasteiger partial charge on any atom is 0.509 e. The fraction of sp³-hybridized carbons (Fsp3) is 0.889. The van der Waals surface area contributed by atoms with Gasteiger partial charge in [-0.15, -0.1) is 0 Å². The van der Waals surface area contributed by atoms with Crippen molar-refractivity contribution in [2.45, 2.75) is 78.1 Å². The monoisotopic (exact) mass is 342 g/mol. The number of rotatable bonds is 7. The molecule has 0 aromatic rings. The molecule has 1 heterocycles. The number of ether oxygens (including phenoxy) is 4. The van der Waals surface area contributed by atoms with Crippen LogP contribution in [0.1, 0.15) is 59.8 Å². The normalized spacial score (nSPS) is 27.8. The van der Waals surface area contributed by atoms with Crippen LogP contribution < -0.4 is 0 Å². The average Bonchev–Trinajstić information content (AvgIpc) is 2.87. The predicted octanol–water partition coefficient (Wildman–Crippen LogP) is 3.47. The van der Waals surface area contributed by atoms with Crippen molar-refractivity contribution in [3.8, 4) is 0 Å². The molecule has 4 atom stereocenters. The second-order valence-electron chi connectivity index (χ2n) is 7.91. The Morgan fingerprint density at radius 2 is 1.92 bits per heavy atom. The standard InChI is InChI=1S/C18H30O6/c1-5-12(11-18(2,3)4)16(19)22-9-8-21-13-6-7-14-15(10-13)24-17(20)23-14/h12-15H,5-11H2,1-4H3. The van der Waals surface area contributed by atoms with Gasteiger partial charge in [0, 0.05) is 6.42 Å². The molecule has 2 aliphatic rings. The molecule has 1 aliphatic carbocycles. The minimum absolute atomic E-state index is 0.0241. The van der Waals surface area contributed by atoms with Gasteiger partial charge in [-0.3, -0.25) is 4.79 Å². The Hall–Kier alpha value is -1.30. The molecule has 24 heavy (non-hydrogen) atoms. The summed E-state index contributed by atoms with van der Waals surface area (Å²) in [6, 6.07) is 0. The minimum atomic E-state index is -0.580. The second kappa shape index (κ2) is 8.19. The Labute approximate surface area is 144 Å². The van der Waals surface area contributed by atoms with Gasteiger partial charge in [0.1, 0.15) is 18.8 Å². The summed E-state index contributed by atoms with van der Waals surface area (Å²) >= 11 is 0. The third kappa shape index (κ3) is 5.65. The molecule has 1 aliphatic heterocycles. The molecule has 2 fully saturated rings. The molecule has 0 aromatic heterocycles. The van der Waals surface area contributed by atoms with Crippen molar-refractivity contribution in [2.24, 2.45) is 11.3 Å². The zero-order valence-electron chi connectivity index (χ0n) is 15.2. The van der Waals surface area contributed by atoms with Gasteiger partial charge in [0.05, 0.1) is 18.6 Å². The van der Waals surface area contributed by atoms with Gasteiger partial charge in [0.2, 0.25) is 0 Å². The molecule has 0 N–H and O–H groups in total. The van der Waals surface area contributed by atoms with Crippen LogP contribution >= 0.6 is 0 Å². The number of esters is 1. The molecule has 6 heteroatoms. The molecule has 0 bridgehead atoms. The van der Waals surface area contributed by atoms with Gasteiger partial charge >= 0.3 is 12.1 Å². The highest BCUT2D eigenvalue weighted by atomic mass is 16.8. The minimum Gasteiger partial charge on any atom is -0.463 e.